The molecule has 164 valence electrons. The van der Waals surface area contributed by atoms with Crippen LogP contribution in [-0.2, 0) is 9.47 Å². The SMILES string of the molecule is CC(C)[C@H](CC[C@H](C)C[C@@H](C)C1=CC[C@@H](C)CO1)C(C)(C)[C@H](C)C[C@@H]1O[C@H]1O. The molecule has 0 aromatic rings. The van der Waals surface area contributed by atoms with Gasteiger partial charge in [-0.05, 0) is 66.8 Å². The van der Waals surface area contributed by atoms with E-state index in [4.69, 9.17) is 9.47 Å². The Kier molecular flexibility index (Phi) is 8.46. The fourth-order valence-electron chi connectivity index (χ4n) is 5.22. The minimum absolute atomic E-state index is 0.0633. The second-order valence-electron chi connectivity index (χ2n) is 11.0. The summed E-state index contributed by atoms with van der Waals surface area (Å²) in [5.41, 5.74) is 0.246. The molecule has 0 bridgehead atoms. The highest BCUT2D eigenvalue weighted by Crippen LogP contribution is 2.46. The third kappa shape index (κ3) is 6.49. The molecule has 2 aliphatic rings. The van der Waals surface area contributed by atoms with E-state index in [1.807, 2.05) is 0 Å². The number of hydrogen-bond donors (Lipinski definition) is 1. The molecule has 7 atom stereocenters. The van der Waals surface area contributed by atoms with Crippen molar-refractivity contribution in [3.63, 3.8) is 0 Å². The van der Waals surface area contributed by atoms with Crippen molar-refractivity contribution < 1.29 is 14.6 Å². The number of rotatable bonds is 11. The zero-order valence-electron chi connectivity index (χ0n) is 19.7. The molecule has 1 saturated heterocycles. The molecule has 0 unspecified atom stereocenters. The van der Waals surface area contributed by atoms with Gasteiger partial charge in [-0.2, -0.15) is 0 Å². The predicted molar refractivity (Wildman–Crippen MR) is 117 cm³/mol. The van der Waals surface area contributed by atoms with Crippen molar-refractivity contribution in [2.75, 3.05) is 6.61 Å². The van der Waals surface area contributed by atoms with Gasteiger partial charge in [0.2, 0.25) is 0 Å². The maximum atomic E-state index is 9.53. The van der Waals surface area contributed by atoms with Crippen LogP contribution in [0.2, 0.25) is 0 Å². The summed E-state index contributed by atoms with van der Waals surface area (Å²) in [5, 5.41) is 9.53. The summed E-state index contributed by atoms with van der Waals surface area (Å²) in [5.74, 6) is 5.01. The first kappa shape index (κ1) is 23.7. The molecule has 0 spiro atoms. The molecule has 0 aromatic heterocycles. The van der Waals surface area contributed by atoms with E-state index in [1.165, 1.54) is 25.0 Å². The molecule has 2 aliphatic heterocycles. The summed E-state index contributed by atoms with van der Waals surface area (Å²) in [6.07, 6.45) is 7.75. The van der Waals surface area contributed by atoms with E-state index in [1.54, 1.807) is 0 Å². The van der Waals surface area contributed by atoms with Crippen molar-refractivity contribution in [3.8, 4) is 0 Å². The van der Waals surface area contributed by atoms with Crippen LogP contribution < -0.4 is 0 Å². The van der Waals surface area contributed by atoms with Crippen molar-refractivity contribution in [3.05, 3.63) is 11.8 Å². The standard InChI is InChI=1S/C25H46O3/c1-16(2)21(25(7,8)20(6)14-23-24(26)28-23)11-9-17(3)13-19(5)22-12-10-18(4)15-27-22/h12,16-21,23-24,26H,9-11,13-15H2,1-8H3/t17-,18+,19+,20+,21-,23-,24+/m0/s1. The molecule has 3 nitrogen and oxygen atoms in total. The van der Waals surface area contributed by atoms with Crippen LogP contribution in [0.15, 0.2) is 11.8 Å². The number of aliphatic hydroxyl groups is 1. The van der Waals surface area contributed by atoms with Crippen molar-refractivity contribution in [2.45, 2.75) is 99.9 Å². The molecule has 0 amide bonds. The average Bonchev–Trinajstić information content (AvgIpc) is 3.29. The van der Waals surface area contributed by atoms with Gasteiger partial charge in [-0.15, -0.1) is 0 Å². The fourth-order valence-corrected chi connectivity index (χ4v) is 5.22. The van der Waals surface area contributed by atoms with Gasteiger partial charge in [-0.3, -0.25) is 0 Å². The average molecular weight is 395 g/mol. The number of hydrogen-bond acceptors (Lipinski definition) is 3. The highest BCUT2D eigenvalue weighted by molar-refractivity contribution is 5.01. The largest absolute Gasteiger partial charge is 0.498 e. The van der Waals surface area contributed by atoms with Gasteiger partial charge >= 0.3 is 0 Å². The predicted octanol–water partition coefficient (Wildman–Crippen LogP) is 6.41. The van der Waals surface area contributed by atoms with E-state index >= 15 is 0 Å². The molecule has 2 rings (SSSR count). The van der Waals surface area contributed by atoms with E-state index in [0.29, 0.717) is 35.5 Å². The van der Waals surface area contributed by atoms with Gasteiger partial charge < -0.3 is 14.6 Å². The molecular formula is C25H46O3. The summed E-state index contributed by atoms with van der Waals surface area (Å²) in [6.45, 7) is 19.8. The lowest BCUT2D eigenvalue weighted by Gasteiger charge is -2.42. The van der Waals surface area contributed by atoms with Crippen molar-refractivity contribution in [1.29, 1.82) is 0 Å². The normalized spacial score (nSPS) is 29.6. The molecule has 3 heteroatoms. The Morgan fingerprint density at radius 1 is 1.14 bits per heavy atom. The fraction of sp³-hybridized carbons (Fsp3) is 0.920. The Morgan fingerprint density at radius 3 is 2.29 bits per heavy atom. The molecule has 28 heavy (non-hydrogen) atoms. The first-order valence-corrected chi connectivity index (χ1v) is 11.7. The summed E-state index contributed by atoms with van der Waals surface area (Å²) >= 11 is 0. The Balaban J connectivity index is 1.85. The van der Waals surface area contributed by atoms with Gasteiger partial charge in [-0.1, -0.05) is 61.8 Å². The van der Waals surface area contributed by atoms with Gasteiger partial charge in [0.1, 0.15) is 6.10 Å². The Morgan fingerprint density at radius 2 is 1.79 bits per heavy atom. The number of epoxide rings is 1. The first-order chi connectivity index (χ1) is 13.0. The zero-order chi connectivity index (χ0) is 21.1. The van der Waals surface area contributed by atoms with Crippen LogP contribution in [-0.4, -0.2) is 24.1 Å². The van der Waals surface area contributed by atoms with Crippen molar-refractivity contribution in [2.24, 2.45) is 40.9 Å². The highest BCUT2D eigenvalue weighted by Gasteiger charge is 2.43. The quantitative estimate of drug-likeness (QED) is 0.412. The second-order valence-corrected chi connectivity index (χ2v) is 11.0. The number of aliphatic hydroxyl groups excluding tert-OH is 1. The Bertz CT molecular complexity index is 510. The minimum atomic E-state index is -0.517. The lowest BCUT2D eigenvalue weighted by Crippen LogP contribution is -2.35. The van der Waals surface area contributed by atoms with Gasteiger partial charge in [-0.25, -0.2) is 0 Å². The van der Waals surface area contributed by atoms with Crippen molar-refractivity contribution >= 4 is 0 Å². The van der Waals surface area contributed by atoms with Gasteiger partial charge in [0.25, 0.3) is 0 Å². The van der Waals surface area contributed by atoms with Crippen LogP contribution in [0.1, 0.15) is 87.5 Å². The zero-order valence-corrected chi connectivity index (χ0v) is 19.7. The number of ether oxygens (including phenoxy) is 2. The molecule has 1 fully saturated rings. The van der Waals surface area contributed by atoms with E-state index in [0.717, 1.165) is 19.4 Å². The van der Waals surface area contributed by atoms with Gasteiger partial charge in [0.05, 0.1) is 12.4 Å². The lowest BCUT2D eigenvalue weighted by molar-refractivity contribution is 0.0646. The van der Waals surface area contributed by atoms with Crippen LogP contribution in [0.5, 0.6) is 0 Å². The van der Waals surface area contributed by atoms with Crippen LogP contribution >= 0.6 is 0 Å². The molecule has 0 saturated carbocycles. The molecule has 1 N–H and O–H groups in total. The maximum absolute atomic E-state index is 9.53. The Hall–Kier alpha value is -0.540. The summed E-state index contributed by atoms with van der Waals surface area (Å²) in [6, 6.07) is 0. The topological polar surface area (TPSA) is 42.0 Å². The first-order valence-electron chi connectivity index (χ1n) is 11.7. The maximum Gasteiger partial charge on any atom is 0.181 e. The summed E-state index contributed by atoms with van der Waals surface area (Å²) < 4.78 is 11.3. The van der Waals surface area contributed by atoms with Crippen LogP contribution in [0, 0.1) is 40.9 Å². The highest BCUT2D eigenvalue weighted by atomic mass is 16.7. The van der Waals surface area contributed by atoms with Gasteiger partial charge in [0, 0.05) is 5.92 Å². The third-order valence-electron chi connectivity index (χ3n) is 7.64. The lowest BCUT2D eigenvalue weighted by atomic mass is 9.63. The molecule has 0 aliphatic carbocycles. The van der Waals surface area contributed by atoms with Crippen LogP contribution in [0.25, 0.3) is 0 Å². The third-order valence-corrected chi connectivity index (χ3v) is 7.64. The van der Waals surface area contributed by atoms with Crippen molar-refractivity contribution in [1.82, 2.24) is 0 Å². The molecular weight excluding hydrogens is 348 g/mol. The monoisotopic (exact) mass is 394 g/mol. The van der Waals surface area contributed by atoms with Crippen LogP contribution in [0.3, 0.4) is 0 Å². The Labute approximate surface area is 174 Å². The molecule has 0 radical (unpaired) electrons. The smallest absolute Gasteiger partial charge is 0.181 e. The van der Waals surface area contributed by atoms with E-state index in [9.17, 15) is 5.11 Å². The van der Waals surface area contributed by atoms with Gasteiger partial charge in [0.15, 0.2) is 6.29 Å². The molecule has 2 heterocycles. The van der Waals surface area contributed by atoms with E-state index in [-0.39, 0.29) is 11.5 Å². The minimum Gasteiger partial charge on any atom is -0.498 e. The number of allylic oxidation sites excluding steroid dienone is 2. The summed E-state index contributed by atoms with van der Waals surface area (Å²) in [4.78, 5) is 0. The van der Waals surface area contributed by atoms with Crippen LogP contribution in [0.4, 0.5) is 0 Å². The van der Waals surface area contributed by atoms with E-state index in [2.05, 4.69) is 61.5 Å². The molecule has 0 aromatic carbocycles. The van der Waals surface area contributed by atoms with E-state index < -0.39 is 6.29 Å². The second kappa shape index (κ2) is 9.98. The summed E-state index contributed by atoms with van der Waals surface area (Å²) in [7, 11) is 0.